The highest BCUT2D eigenvalue weighted by atomic mass is 32.2. The number of nitrogens with two attached hydrogens (primary N) is 1. The maximum absolute atomic E-state index is 12.4. The van der Waals surface area contributed by atoms with Crippen LogP contribution in [0.2, 0.25) is 0 Å². The minimum absolute atomic E-state index is 0.0637. The number of hydrogen-bond donors (Lipinski definition) is 3. The van der Waals surface area contributed by atoms with Crippen LogP contribution in [0.25, 0.3) is 0 Å². The lowest BCUT2D eigenvalue weighted by atomic mass is 10.1. The predicted molar refractivity (Wildman–Crippen MR) is 131 cm³/mol. The monoisotopic (exact) mass is 470 g/mol. The van der Waals surface area contributed by atoms with Crippen LogP contribution in [0.5, 0.6) is 0 Å². The fourth-order valence-corrected chi connectivity index (χ4v) is 4.23. The van der Waals surface area contributed by atoms with Crippen molar-refractivity contribution in [1.82, 2.24) is 10.6 Å². The number of unbranched alkanes of at least 4 members (excludes halogenated alkanes) is 3. The maximum atomic E-state index is 12.4. The van der Waals surface area contributed by atoms with E-state index in [4.69, 9.17) is 5.14 Å². The van der Waals surface area contributed by atoms with Gasteiger partial charge in [0.2, 0.25) is 15.7 Å². The van der Waals surface area contributed by atoms with E-state index < -0.39 is 10.0 Å². The average molecular weight is 471 g/mol. The first kappa shape index (κ1) is 24.8. The van der Waals surface area contributed by atoms with Crippen molar-refractivity contribution in [3.05, 3.63) is 59.7 Å². The van der Waals surface area contributed by atoms with Gasteiger partial charge in [-0.1, -0.05) is 12.8 Å². The molecule has 1 aliphatic heterocycles. The molecule has 0 fully saturated rings. The number of carbonyl (C=O) groups excluding carboxylic acids is 1. The Morgan fingerprint density at radius 1 is 1.00 bits per heavy atom. The molecule has 0 saturated heterocycles. The van der Waals surface area contributed by atoms with Gasteiger partial charge in [0, 0.05) is 29.8 Å². The van der Waals surface area contributed by atoms with E-state index in [-0.39, 0.29) is 17.0 Å². The number of carbonyl (C=O) groups is 1. The zero-order chi connectivity index (χ0) is 23.8. The Morgan fingerprint density at radius 2 is 1.64 bits per heavy atom. The zero-order valence-electron chi connectivity index (χ0n) is 19.1. The summed E-state index contributed by atoms with van der Waals surface area (Å²) in [4.78, 5) is 17.2. The normalized spacial score (nSPS) is 15.8. The van der Waals surface area contributed by atoms with Crippen LogP contribution in [0, 0.1) is 0 Å². The van der Waals surface area contributed by atoms with Crippen molar-refractivity contribution in [3.8, 4) is 0 Å². The molecule has 1 unspecified atom stereocenters. The van der Waals surface area contributed by atoms with Gasteiger partial charge in [0.25, 0.3) is 12.1 Å². The van der Waals surface area contributed by atoms with E-state index in [0.29, 0.717) is 12.1 Å². The largest absolute Gasteiger partial charge is 0.352 e. The number of nitrogens with zero attached hydrogens (tertiary/aromatic N) is 2. The van der Waals surface area contributed by atoms with Gasteiger partial charge in [-0.3, -0.25) is 4.79 Å². The number of sulfonamides is 1. The van der Waals surface area contributed by atoms with Crippen LogP contribution in [0.15, 0.2) is 58.4 Å². The third-order valence-corrected chi connectivity index (χ3v) is 6.42. The summed E-state index contributed by atoms with van der Waals surface area (Å²) in [6, 6.07) is 13.8. The van der Waals surface area contributed by atoms with Crippen molar-refractivity contribution in [2.75, 3.05) is 20.1 Å². The van der Waals surface area contributed by atoms with Crippen molar-refractivity contribution in [3.63, 3.8) is 0 Å². The van der Waals surface area contributed by atoms with Crippen LogP contribution in [-0.2, 0) is 10.0 Å². The molecule has 0 bridgehead atoms. The molecule has 176 valence electrons. The highest BCUT2D eigenvalue weighted by Gasteiger charge is 2.30. The van der Waals surface area contributed by atoms with E-state index >= 15 is 0 Å². The number of aliphatic imine (C=N–C) groups is 1. The molecule has 33 heavy (non-hydrogen) atoms. The van der Waals surface area contributed by atoms with Gasteiger partial charge < -0.3 is 10.6 Å². The van der Waals surface area contributed by atoms with Gasteiger partial charge in [-0.15, -0.1) is 0 Å². The lowest BCUT2D eigenvalue weighted by Crippen LogP contribution is -2.24. The molecular formula is C24H32N5O3S+. The Hall–Kier alpha value is -2.88. The molecule has 4 N–H and O–H groups in total. The summed E-state index contributed by atoms with van der Waals surface area (Å²) >= 11 is 0. The molecule has 0 saturated carbocycles. The average Bonchev–Trinajstić information content (AvgIpc) is 3.19. The summed E-state index contributed by atoms with van der Waals surface area (Å²) in [6.07, 6.45) is 6.00. The van der Waals surface area contributed by atoms with E-state index in [1.54, 1.807) is 24.3 Å². The van der Waals surface area contributed by atoms with Crippen LogP contribution in [0.3, 0.4) is 0 Å². The smallest absolute Gasteiger partial charge is 0.278 e. The fourth-order valence-electron chi connectivity index (χ4n) is 3.71. The van der Waals surface area contributed by atoms with Crippen LogP contribution in [-0.4, -0.2) is 51.0 Å². The van der Waals surface area contributed by atoms with Gasteiger partial charge in [0.1, 0.15) is 5.71 Å². The minimum Gasteiger partial charge on any atom is -0.352 e. The molecule has 3 rings (SSSR count). The number of nitrogens with one attached hydrogen (secondary N) is 2. The highest BCUT2D eigenvalue weighted by Crippen LogP contribution is 2.29. The third-order valence-electron chi connectivity index (χ3n) is 5.49. The summed E-state index contributed by atoms with van der Waals surface area (Å²) in [7, 11) is -1.79. The maximum Gasteiger partial charge on any atom is 0.278 e. The van der Waals surface area contributed by atoms with Gasteiger partial charge in [-0.25, -0.2) is 18.5 Å². The van der Waals surface area contributed by atoms with E-state index in [2.05, 4.69) is 15.6 Å². The first-order chi connectivity index (χ1) is 15.8. The van der Waals surface area contributed by atoms with Crippen molar-refractivity contribution in [2.24, 2.45) is 10.1 Å². The number of benzene rings is 2. The number of primary sulfonamides is 1. The van der Waals surface area contributed by atoms with Crippen LogP contribution < -0.4 is 15.8 Å². The highest BCUT2D eigenvalue weighted by molar-refractivity contribution is 7.89. The second kappa shape index (κ2) is 11.3. The van der Waals surface area contributed by atoms with Crippen molar-refractivity contribution < 1.29 is 17.8 Å². The molecule has 9 heteroatoms. The Balaban J connectivity index is 1.62. The zero-order valence-corrected chi connectivity index (χ0v) is 19.9. The van der Waals surface area contributed by atoms with Gasteiger partial charge in [-0.05, 0) is 69.8 Å². The predicted octanol–water partition coefficient (Wildman–Crippen LogP) is 2.73. The molecule has 1 amide bonds. The molecule has 2 aromatic carbocycles. The first-order valence-corrected chi connectivity index (χ1v) is 12.7. The lowest BCUT2D eigenvalue weighted by molar-refractivity contribution is -0.479. The molecule has 2 aromatic rings. The Morgan fingerprint density at radius 3 is 2.24 bits per heavy atom. The van der Waals surface area contributed by atoms with E-state index in [0.717, 1.165) is 49.2 Å². The topological polar surface area (TPSA) is 117 Å². The Kier molecular flexibility index (Phi) is 8.49. The van der Waals surface area contributed by atoms with Crippen LogP contribution in [0.1, 0.15) is 54.7 Å². The molecule has 0 radical (unpaired) electrons. The van der Waals surface area contributed by atoms with Gasteiger partial charge in [0.15, 0.2) is 6.21 Å². The van der Waals surface area contributed by atoms with Crippen LogP contribution >= 0.6 is 0 Å². The minimum atomic E-state index is -3.74. The summed E-state index contributed by atoms with van der Waals surface area (Å²) in [6.45, 7) is 3.61. The third kappa shape index (κ3) is 6.80. The van der Waals surface area contributed by atoms with Gasteiger partial charge in [-0.2, -0.15) is 4.58 Å². The van der Waals surface area contributed by atoms with Gasteiger partial charge >= 0.3 is 0 Å². The number of amides is 1. The second-order valence-corrected chi connectivity index (χ2v) is 9.68. The Bertz CT molecular complexity index is 1120. The molecular weight excluding hydrogens is 438 g/mol. The standard InChI is InChI=1S/C24H31N5O3S/c1-18-17-29(23(28-18)19-9-13-22(14-10-19)33(25,31)32)21-11-7-20(8-12-21)24(30)27-16-6-4-3-5-15-26-2/h7-14,17,23,26H,3-6,15-16H2,1-2H3,(H2-,25,27,30,31,32)/p+1. The summed E-state index contributed by atoms with van der Waals surface area (Å²) < 4.78 is 25.0. The lowest BCUT2D eigenvalue weighted by Gasteiger charge is -2.10. The summed E-state index contributed by atoms with van der Waals surface area (Å²) in [5.41, 5.74) is 3.19. The second-order valence-electron chi connectivity index (χ2n) is 8.12. The van der Waals surface area contributed by atoms with Crippen LogP contribution in [0.4, 0.5) is 5.69 Å². The molecule has 0 aliphatic carbocycles. The fraction of sp³-hybridized carbons (Fsp3) is 0.375. The van der Waals surface area contributed by atoms with Crippen molar-refractivity contribution >= 4 is 33.5 Å². The van der Waals surface area contributed by atoms with E-state index in [1.807, 2.05) is 36.9 Å². The van der Waals surface area contributed by atoms with E-state index in [1.165, 1.54) is 12.1 Å². The molecule has 8 nitrogen and oxygen atoms in total. The Labute approximate surface area is 195 Å². The van der Waals surface area contributed by atoms with E-state index in [9.17, 15) is 13.2 Å². The quantitative estimate of drug-likeness (QED) is 0.346. The SMILES string of the molecule is CNCCCCCCNC(=O)c1ccc([N+]2=CC(C)=NC2c2ccc(S(N)(=O)=O)cc2)cc1. The summed E-state index contributed by atoms with van der Waals surface area (Å²) in [5.74, 6) is -0.0789. The first-order valence-electron chi connectivity index (χ1n) is 11.1. The molecule has 0 aromatic heterocycles. The number of hydrogen-bond acceptors (Lipinski definition) is 5. The van der Waals surface area contributed by atoms with Crippen molar-refractivity contribution in [2.45, 2.75) is 43.7 Å². The molecule has 1 aliphatic rings. The summed E-state index contributed by atoms with van der Waals surface area (Å²) in [5, 5.41) is 11.3. The number of rotatable bonds is 11. The molecule has 1 atom stereocenters. The van der Waals surface area contributed by atoms with Crippen molar-refractivity contribution in [1.29, 1.82) is 0 Å². The van der Waals surface area contributed by atoms with Gasteiger partial charge in [0.05, 0.1) is 4.90 Å². The molecule has 0 spiro atoms. The molecule has 1 heterocycles.